The highest BCUT2D eigenvalue weighted by molar-refractivity contribution is 6.32. The fourth-order valence-corrected chi connectivity index (χ4v) is 2.77. The van der Waals surface area contributed by atoms with Gasteiger partial charge in [0.2, 0.25) is 0 Å². The summed E-state index contributed by atoms with van der Waals surface area (Å²) in [5.74, 6) is 0. The Balaban J connectivity index is 1.92. The van der Waals surface area contributed by atoms with Crippen molar-refractivity contribution in [3.05, 3.63) is 101 Å². The second-order valence-corrected chi connectivity index (χ2v) is 5.80. The molecule has 3 heteroatoms. The Morgan fingerprint density at radius 1 is 1.00 bits per heavy atom. The largest absolute Gasteiger partial charge is 0.264 e. The lowest BCUT2D eigenvalue weighted by Crippen LogP contribution is -2.25. The van der Waals surface area contributed by atoms with Crippen molar-refractivity contribution in [2.45, 2.75) is 13.5 Å². The van der Waals surface area contributed by atoms with Gasteiger partial charge in [0.1, 0.15) is 6.61 Å². The van der Waals surface area contributed by atoms with Gasteiger partial charge in [0.05, 0.1) is 16.4 Å². The molecular formula is C20H18ClNO. The van der Waals surface area contributed by atoms with Gasteiger partial charge in [-0.25, -0.2) is 5.06 Å². The van der Waals surface area contributed by atoms with E-state index in [9.17, 15) is 0 Å². The average molecular weight is 324 g/mol. The van der Waals surface area contributed by atoms with Crippen molar-refractivity contribution >= 4 is 17.3 Å². The number of benzene rings is 2. The Morgan fingerprint density at radius 3 is 2.26 bits per heavy atom. The molecule has 0 aliphatic carbocycles. The maximum absolute atomic E-state index is 6.30. The van der Waals surface area contributed by atoms with Crippen molar-refractivity contribution < 1.29 is 4.84 Å². The predicted molar refractivity (Wildman–Crippen MR) is 95.2 cm³/mol. The lowest BCUT2D eigenvalue weighted by molar-refractivity contribution is -0.0919. The van der Waals surface area contributed by atoms with Gasteiger partial charge in [0.25, 0.3) is 0 Å². The molecule has 0 fully saturated rings. The minimum atomic E-state index is 0.452. The summed E-state index contributed by atoms with van der Waals surface area (Å²) in [6.07, 6.45) is 1.93. The van der Waals surface area contributed by atoms with Gasteiger partial charge < -0.3 is 0 Å². The fourth-order valence-electron chi connectivity index (χ4n) is 2.53. The summed E-state index contributed by atoms with van der Waals surface area (Å²) in [6, 6.07) is 20.2. The normalized spacial score (nSPS) is 15.0. The number of nitrogens with zero attached hydrogens (tertiary/aromatic N) is 1. The molecule has 0 saturated heterocycles. The highest BCUT2D eigenvalue weighted by Gasteiger charge is 2.24. The second kappa shape index (κ2) is 6.86. The van der Waals surface area contributed by atoms with E-state index in [1.165, 1.54) is 0 Å². The van der Waals surface area contributed by atoms with Crippen molar-refractivity contribution in [2.24, 2.45) is 0 Å². The van der Waals surface area contributed by atoms with E-state index in [4.69, 9.17) is 16.4 Å². The van der Waals surface area contributed by atoms with Crippen LogP contribution in [0.4, 0.5) is 0 Å². The van der Waals surface area contributed by atoms with Gasteiger partial charge >= 0.3 is 0 Å². The molecule has 1 aliphatic heterocycles. The van der Waals surface area contributed by atoms with Crippen LogP contribution in [0.15, 0.2) is 89.6 Å². The highest BCUT2D eigenvalue weighted by atomic mass is 35.5. The fraction of sp³-hybridized carbons (Fsp3) is 0.100. The number of allylic oxidation sites excluding steroid dienone is 3. The van der Waals surface area contributed by atoms with Crippen LogP contribution < -0.4 is 0 Å². The number of hydrogen-bond donors (Lipinski definition) is 0. The van der Waals surface area contributed by atoms with E-state index in [0.29, 0.717) is 17.3 Å². The summed E-state index contributed by atoms with van der Waals surface area (Å²) in [5, 5.41) is 2.33. The summed E-state index contributed by atoms with van der Waals surface area (Å²) in [5.41, 5.74) is 4.82. The molecule has 0 radical (unpaired) electrons. The Morgan fingerprint density at radius 2 is 1.61 bits per heavy atom. The summed E-state index contributed by atoms with van der Waals surface area (Å²) < 4.78 is 0. The molecule has 2 aromatic rings. The van der Waals surface area contributed by atoms with Crippen molar-refractivity contribution in [1.82, 2.24) is 5.06 Å². The number of hydroxylamine groups is 2. The molecule has 0 spiro atoms. The topological polar surface area (TPSA) is 12.5 Å². The van der Waals surface area contributed by atoms with Crippen molar-refractivity contribution in [3.63, 3.8) is 0 Å². The molecule has 0 aromatic heterocycles. The minimum Gasteiger partial charge on any atom is -0.264 e. The highest BCUT2D eigenvalue weighted by Crippen LogP contribution is 2.36. The van der Waals surface area contributed by atoms with Crippen LogP contribution >= 0.6 is 11.6 Å². The Hall–Kier alpha value is -2.29. The monoisotopic (exact) mass is 323 g/mol. The molecule has 23 heavy (non-hydrogen) atoms. The van der Waals surface area contributed by atoms with E-state index in [-0.39, 0.29) is 0 Å². The van der Waals surface area contributed by atoms with Crippen molar-refractivity contribution in [2.75, 3.05) is 0 Å². The molecule has 3 rings (SSSR count). The minimum absolute atomic E-state index is 0.452. The molecule has 0 atom stereocenters. The van der Waals surface area contributed by atoms with Crippen LogP contribution in [0.2, 0.25) is 0 Å². The lowest BCUT2D eigenvalue weighted by Gasteiger charge is -2.32. The van der Waals surface area contributed by atoms with Crippen molar-refractivity contribution in [1.29, 1.82) is 0 Å². The van der Waals surface area contributed by atoms with Gasteiger partial charge in [-0.2, -0.15) is 0 Å². The molecular weight excluding hydrogens is 306 g/mol. The van der Waals surface area contributed by atoms with Gasteiger partial charge in [-0.15, -0.1) is 0 Å². The molecule has 0 amide bonds. The molecule has 0 N–H and O–H groups in total. The SMILES string of the molecule is C=C1C(Cl)=CC(C)=C(c2ccccc2)N1OCc1ccccc1. The maximum Gasteiger partial charge on any atom is 0.100 e. The molecule has 0 saturated carbocycles. The summed E-state index contributed by atoms with van der Waals surface area (Å²) in [6.45, 7) is 6.54. The zero-order chi connectivity index (χ0) is 16.2. The third-order valence-electron chi connectivity index (χ3n) is 3.69. The zero-order valence-electron chi connectivity index (χ0n) is 13.0. The number of halogens is 1. The van der Waals surface area contributed by atoms with Crippen LogP contribution in [0.5, 0.6) is 0 Å². The van der Waals surface area contributed by atoms with Crippen molar-refractivity contribution in [3.8, 4) is 0 Å². The third kappa shape index (κ3) is 3.39. The van der Waals surface area contributed by atoms with E-state index < -0.39 is 0 Å². The molecule has 116 valence electrons. The Bertz CT molecular complexity index is 763. The predicted octanol–water partition coefficient (Wildman–Crippen LogP) is 5.50. The maximum atomic E-state index is 6.30. The molecule has 0 bridgehead atoms. The van der Waals surface area contributed by atoms with Gasteiger partial charge in [-0.05, 0) is 24.1 Å². The van der Waals surface area contributed by atoms with E-state index in [1.54, 1.807) is 5.06 Å². The number of rotatable bonds is 4. The van der Waals surface area contributed by atoms with Crippen LogP contribution in [0.1, 0.15) is 18.1 Å². The van der Waals surface area contributed by atoms with Crippen LogP contribution in [0.3, 0.4) is 0 Å². The Kier molecular flexibility index (Phi) is 4.65. The first-order valence-electron chi connectivity index (χ1n) is 7.46. The average Bonchev–Trinajstić information content (AvgIpc) is 2.58. The van der Waals surface area contributed by atoms with E-state index in [2.05, 4.69) is 18.7 Å². The molecule has 0 unspecified atom stereocenters. The zero-order valence-corrected chi connectivity index (χ0v) is 13.8. The van der Waals surface area contributed by atoms with Gasteiger partial charge in [0.15, 0.2) is 0 Å². The van der Waals surface area contributed by atoms with Crippen LogP contribution in [-0.4, -0.2) is 5.06 Å². The third-order valence-corrected chi connectivity index (χ3v) is 4.02. The first kappa shape index (κ1) is 15.6. The van der Waals surface area contributed by atoms with E-state index in [1.807, 2.05) is 61.5 Å². The number of hydrogen-bond acceptors (Lipinski definition) is 2. The molecule has 1 heterocycles. The van der Waals surface area contributed by atoms with Gasteiger partial charge in [0, 0.05) is 5.56 Å². The van der Waals surface area contributed by atoms with E-state index >= 15 is 0 Å². The molecule has 1 aliphatic rings. The summed E-state index contributed by atoms with van der Waals surface area (Å²) in [4.78, 5) is 6.04. The molecule has 2 aromatic carbocycles. The van der Waals surface area contributed by atoms with Crippen LogP contribution in [0, 0.1) is 0 Å². The van der Waals surface area contributed by atoms with E-state index in [0.717, 1.165) is 22.4 Å². The lowest BCUT2D eigenvalue weighted by atomic mass is 10.0. The van der Waals surface area contributed by atoms with Gasteiger partial charge in [-0.3, -0.25) is 4.84 Å². The molecule has 2 nitrogen and oxygen atoms in total. The summed E-state index contributed by atoms with van der Waals surface area (Å²) in [7, 11) is 0. The van der Waals surface area contributed by atoms with Crippen LogP contribution in [0.25, 0.3) is 5.70 Å². The first-order valence-corrected chi connectivity index (χ1v) is 7.84. The van der Waals surface area contributed by atoms with Gasteiger partial charge in [-0.1, -0.05) is 78.8 Å². The smallest absolute Gasteiger partial charge is 0.100 e. The first-order chi connectivity index (χ1) is 11.2. The second-order valence-electron chi connectivity index (χ2n) is 5.39. The Labute approximate surface area is 141 Å². The standard InChI is InChI=1S/C20H18ClNO/c1-15-13-19(21)16(2)22(20(15)18-11-7-4-8-12-18)23-14-17-9-5-3-6-10-17/h3-13H,2,14H2,1H3. The summed E-state index contributed by atoms with van der Waals surface area (Å²) >= 11 is 6.30. The van der Waals surface area contributed by atoms with Crippen LogP contribution in [-0.2, 0) is 11.4 Å². The quantitative estimate of drug-likeness (QED) is 0.736.